The van der Waals surface area contributed by atoms with Crippen molar-refractivity contribution in [2.45, 2.75) is 16.2 Å². The molecule has 0 spiro atoms. The van der Waals surface area contributed by atoms with Crippen molar-refractivity contribution in [1.82, 2.24) is 0 Å². The number of carbonyl (C=O) groups is 2. The zero-order valence-corrected chi connectivity index (χ0v) is 24.7. The van der Waals surface area contributed by atoms with Crippen LogP contribution in [0.5, 0.6) is 11.5 Å². The molecule has 0 aliphatic carbocycles. The second-order valence-corrected chi connectivity index (χ2v) is 12.5. The lowest BCUT2D eigenvalue weighted by atomic mass is 10.0. The van der Waals surface area contributed by atoms with Gasteiger partial charge in [0, 0.05) is 0 Å². The number of sulfonamides is 2. The number of nitrogens with two attached hydrogens (primary N) is 2. The van der Waals surface area contributed by atoms with Crippen molar-refractivity contribution in [3.63, 3.8) is 0 Å². The minimum atomic E-state index is -4.39. The average Bonchev–Trinajstić information content (AvgIpc) is 2.98. The summed E-state index contributed by atoms with van der Waals surface area (Å²) in [6, 6.07) is 21.6. The largest absolute Gasteiger partial charge is 0.495 e. The highest BCUT2D eigenvalue weighted by atomic mass is 32.2. The fourth-order valence-corrected chi connectivity index (χ4v) is 7.34. The van der Waals surface area contributed by atoms with Crippen LogP contribution in [0.1, 0.15) is 11.1 Å². The Bertz CT molecular complexity index is 1720. The zero-order chi connectivity index (χ0) is 31.4. The van der Waals surface area contributed by atoms with E-state index in [1.807, 2.05) is 0 Å². The molecule has 43 heavy (non-hydrogen) atoms. The van der Waals surface area contributed by atoms with Crippen molar-refractivity contribution >= 4 is 43.5 Å². The third-order valence-electron chi connectivity index (χ3n) is 6.32. The number of carbonyl (C=O) groups excluding carboxylic acids is 2. The molecule has 0 radical (unpaired) electrons. The number of nitrogens with zero attached hydrogens (tertiary/aromatic N) is 2. The fourth-order valence-electron chi connectivity index (χ4n) is 4.36. The molecule has 224 valence electrons. The first kappa shape index (κ1) is 30.9. The summed E-state index contributed by atoms with van der Waals surface area (Å²) >= 11 is 0. The number of hydrogen-bond donors (Lipinski definition) is 2. The summed E-state index contributed by atoms with van der Waals surface area (Å²) in [5, 5.41) is 0. The maximum atomic E-state index is 13.3. The minimum absolute atomic E-state index is 0.0242. The Labute approximate surface area is 249 Å². The van der Waals surface area contributed by atoms with E-state index in [1.165, 1.54) is 74.9 Å². The number of benzene rings is 4. The fraction of sp³-hybridized carbons (Fsp3) is 0.103. The van der Waals surface area contributed by atoms with Gasteiger partial charge in [0.2, 0.25) is 0 Å². The monoisotopic (exact) mass is 624 g/mol. The average molecular weight is 625 g/mol. The van der Waals surface area contributed by atoms with Crippen LogP contribution in [0.3, 0.4) is 0 Å². The van der Waals surface area contributed by atoms with Gasteiger partial charge in [-0.05, 0) is 66.1 Å². The van der Waals surface area contributed by atoms with Gasteiger partial charge in [-0.15, -0.1) is 0 Å². The molecule has 4 rings (SSSR count). The highest BCUT2D eigenvalue weighted by Gasteiger charge is 2.33. The SMILES string of the molecule is COc1ccccc1S(=O)(=O)N(C(N)=O)c1ccc(Cc2ccc(N(C(N)=O)S(=O)(=O)c3ccccc3OC)cc2)cc1. The molecule has 0 heterocycles. The first-order chi connectivity index (χ1) is 20.4. The van der Waals surface area contributed by atoms with Crippen molar-refractivity contribution in [3.8, 4) is 11.5 Å². The first-order valence-corrected chi connectivity index (χ1v) is 15.4. The summed E-state index contributed by atoms with van der Waals surface area (Å²) in [5.41, 5.74) is 12.5. The highest BCUT2D eigenvalue weighted by Crippen LogP contribution is 2.32. The summed E-state index contributed by atoms with van der Waals surface area (Å²) in [6.45, 7) is 0. The van der Waals surface area contributed by atoms with Crippen molar-refractivity contribution in [2.24, 2.45) is 11.5 Å². The Kier molecular flexibility index (Phi) is 8.92. The molecule has 14 heteroatoms. The first-order valence-electron chi connectivity index (χ1n) is 12.5. The third-order valence-corrected chi connectivity index (χ3v) is 9.85. The predicted octanol–water partition coefficient (Wildman–Crippen LogP) is 3.84. The zero-order valence-electron chi connectivity index (χ0n) is 23.1. The van der Waals surface area contributed by atoms with Crippen molar-refractivity contribution < 1.29 is 35.9 Å². The van der Waals surface area contributed by atoms with E-state index in [-0.39, 0.29) is 32.7 Å². The molecule has 0 fully saturated rings. The van der Waals surface area contributed by atoms with Gasteiger partial charge >= 0.3 is 12.1 Å². The van der Waals surface area contributed by atoms with Gasteiger partial charge in [0.1, 0.15) is 21.3 Å². The van der Waals surface area contributed by atoms with E-state index >= 15 is 0 Å². The van der Waals surface area contributed by atoms with E-state index in [0.29, 0.717) is 15.0 Å². The molecule has 0 aliphatic heterocycles. The number of urea groups is 2. The topological polar surface area (TPSA) is 179 Å². The van der Waals surface area contributed by atoms with Gasteiger partial charge in [0.05, 0.1) is 25.6 Å². The number of anilines is 2. The number of methoxy groups -OCH3 is 2. The van der Waals surface area contributed by atoms with E-state index in [4.69, 9.17) is 20.9 Å². The molecule has 4 aromatic rings. The maximum Gasteiger partial charge on any atom is 0.333 e. The van der Waals surface area contributed by atoms with Gasteiger partial charge in [-0.25, -0.2) is 26.4 Å². The van der Waals surface area contributed by atoms with Crippen LogP contribution in [0.4, 0.5) is 21.0 Å². The molecule has 0 saturated heterocycles. The molecular weight excluding hydrogens is 596 g/mol. The molecule has 0 aromatic heterocycles. The van der Waals surface area contributed by atoms with E-state index in [1.54, 1.807) is 36.4 Å². The summed E-state index contributed by atoms with van der Waals surface area (Å²) < 4.78 is 64.6. The molecule has 12 nitrogen and oxygen atoms in total. The number of para-hydroxylation sites is 2. The molecule has 0 atom stereocenters. The van der Waals surface area contributed by atoms with E-state index < -0.39 is 32.1 Å². The maximum absolute atomic E-state index is 13.3. The predicted molar refractivity (Wildman–Crippen MR) is 160 cm³/mol. The van der Waals surface area contributed by atoms with Crippen LogP contribution in [-0.4, -0.2) is 43.1 Å². The Morgan fingerprint density at radius 2 is 0.907 bits per heavy atom. The second-order valence-electron chi connectivity index (χ2n) is 9.03. The van der Waals surface area contributed by atoms with Crippen LogP contribution in [0.2, 0.25) is 0 Å². The summed E-state index contributed by atoms with van der Waals surface area (Å²) in [5.74, 6) is 0.110. The second kappa shape index (κ2) is 12.4. The lowest BCUT2D eigenvalue weighted by Crippen LogP contribution is -2.41. The molecule has 0 bridgehead atoms. The molecule has 4 aromatic carbocycles. The van der Waals surface area contributed by atoms with Gasteiger partial charge in [-0.1, -0.05) is 48.5 Å². The van der Waals surface area contributed by atoms with E-state index in [0.717, 1.165) is 11.1 Å². The minimum Gasteiger partial charge on any atom is -0.495 e. The van der Waals surface area contributed by atoms with E-state index in [9.17, 15) is 26.4 Å². The summed E-state index contributed by atoms with van der Waals surface area (Å²) in [4.78, 5) is 24.1. The smallest absolute Gasteiger partial charge is 0.333 e. The third kappa shape index (κ3) is 6.24. The number of ether oxygens (including phenoxy) is 2. The summed E-state index contributed by atoms with van der Waals surface area (Å²) in [7, 11) is -6.15. The highest BCUT2D eigenvalue weighted by molar-refractivity contribution is 7.94. The van der Waals surface area contributed by atoms with Crippen molar-refractivity contribution in [2.75, 3.05) is 22.8 Å². The van der Waals surface area contributed by atoms with Crippen LogP contribution in [0.25, 0.3) is 0 Å². The molecule has 4 amide bonds. The number of hydrogen-bond acceptors (Lipinski definition) is 8. The van der Waals surface area contributed by atoms with Crippen LogP contribution < -0.4 is 29.6 Å². The number of primary amides is 2. The molecular formula is C29H28N4O8S2. The van der Waals surface area contributed by atoms with Gasteiger partial charge < -0.3 is 20.9 Å². The van der Waals surface area contributed by atoms with Crippen LogP contribution >= 0.6 is 0 Å². The van der Waals surface area contributed by atoms with Gasteiger partial charge in [0.15, 0.2) is 0 Å². The molecule has 0 unspecified atom stereocenters. The quantitative estimate of drug-likeness (QED) is 0.267. The van der Waals surface area contributed by atoms with Crippen LogP contribution in [0.15, 0.2) is 107 Å². The normalized spacial score (nSPS) is 11.4. The van der Waals surface area contributed by atoms with Crippen LogP contribution in [-0.2, 0) is 26.5 Å². The van der Waals surface area contributed by atoms with Gasteiger partial charge in [0.25, 0.3) is 20.0 Å². The van der Waals surface area contributed by atoms with E-state index in [2.05, 4.69) is 0 Å². The molecule has 4 N–H and O–H groups in total. The Morgan fingerprint density at radius 1 is 0.581 bits per heavy atom. The van der Waals surface area contributed by atoms with Crippen molar-refractivity contribution in [1.29, 1.82) is 0 Å². The Balaban J connectivity index is 1.58. The lowest BCUT2D eigenvalue weighted by molar-refractivity contribution is 0.256. The molecule has 0 saturated carbocycles. The van der Waals surface area contributed by atoms with Crippen LogP contribution in [0, 0.1) is 0 Å². The number of amides is 4. The number of rotatable bonds is 10. The van der Waals surface area contributed by atoms with Crippen molar-refractivity contribution in [3.05, 3.63) is 108 Å². The van der Waals surface area contributed by atoms with Gasteiger partial charge in [-0.2, -0.15) is 8.61 Å². The summed E-state index contributed by atoms with van der Waals surface area (Å²) in [6.07, 6.45) is 0.353. The Hall–Kier alpha value is -5.08. The molecule has 0 aliphatic rings. The lowest BCUT2D eigenvalue weighted by Gasteiger charge is -2.22. The standard InChI is InChI=1S/C29H28N4O8S2/c1-40-24-7-3-5-9-26(24)42(36,37)32(28(30)34)22-15-11-20(12-16-22)19-21-13-17-23(18-14-21)33(29(31)35)43(38,39)27-10-6-4-8-25(27)41-2/h3-18H,19H2,1-2H3,(H2,30,34)(H2,31,35). The Morgan fingerprint density at radius 3 is 1.21 bits per heavy atom. The van der Waals surface area contributed by atoms with Gasteiger partial charge in [-0.3, -0.25) is 0 Å².